The molecule has 0 aromatic carbocycles. The molecule has 3 aliphatic heterocycles. The largest absolute Gasteiger partial charge is 0.481 e. The number of nitrogens with two attached hydrogens (primary N) is 3. The molecule has 117 heavy (non-hydrogen) atoms. The van der Waals surface area contributed by atoms with Crippen LogP contribution in [0.4, 0.5) is 0 Å². The van der Waals surface area contributed by atoms with Crippen LogP contribution < -0.4 is 97.0 Å². The summed E-state index contributed by atoms with van der Waals surface area (Å²) >= 11 is 0. The van der Waals surface area contributed by atoms with E-state index in [4.69, 9.17) is 27.1 Å². The van der Waals surface area contributed by atoms with Crippen molar-refractivity contribution in [2.75, 3.05) is 29.6 Å². The number of aliphatic hydroxyl groups excluding tert-OH is 2. The summed E-state index contributed by atoms with van der Waals surface area (Å²) in [6.45, 7) is 14.6. The van der Waals surface area contributed by atoms with Gasteiger partial charge in [-0.1, -0.05) is 98.6 Å². The first kappa shape index (κ1) is 105. The maximum atomic E-state index is 15.0. The monoisotopic (exact) mass is 1740 g/mol. The van der Waals surface area contributed by atoms with Crippen molar-refractivity contribution in [1.29, 1.82) is 0 Å². The van der Waals surface area contributed by atoms with E-state index in [0.717, 1.165) is 42.4 Å². The van der Waals surface area contributed by atoms with Gasteiger partial charge in [-0.05, 0) is 63.2 Å². The molecule has 28 N–H and O–H groups in total. The molecular weight excluding hydrogens is 1630 g/mol. The van der Waals surface area contributed by atoms with Gasteiger partial charge in [0.25, 0.3) is 5.97 Å². The zero-order valence-electron chi connectivity index (χ0n) is 66.1. The highest BCUT2D eigenvalue weighted by Crippen LogP contribution is 2.26. The van der Waals surface area contributed by atoms with Gasteiger partial charge in [0.1, 0.15) is 78.7 Å². The van der Waals surface area contributed by atoms with Gasteiger partial charge >= 0.3 is 23.9 Å². The van der Waals surface area contributed by atoms with Gasteiger partial charge in [0, 0.05) is 42.8 Å². The molecule has 0 aromatic rings. The van der Waals surface area contributed by atoms with Crippen molar-refractivity contribution < 1.29 is 136 Å². The van der Waals surface area contributed by atoms with Gasteiger partial charge in [-0.2, -0.15) is 0 Å². The maximum Gasteiger partial charge on any atom is 0.326 e. The number of hydrogen-bond donors (Lipinski definition) is 25. The number of fused-ring (bicyclic) bond motifs is 37. The van der Waals surface area contributed by atoms with Crippen LogP contribution in [0.2, 0.25) is 0 Å². The number of aliphatic hydroxyl groups is 2. The lowest BCUT2D eigenvalue weighted by Crippen LogP contribution is -2.63. The predicted molar refractivity (Wildman–Crippen MR) is 419 cm³/mol. The second kappa shape index (κ2) is 52.7. The fraction of sp³-hybridized carbons (Fsp3) is 0.687. The number of hydrogen-bond acceptors (Lipinski definition) is 29. The van der Waals surface area contributed by atoms with E-state index in [1.807, 2.05) is 5.32 Å². The number of primary amides is 2. The quantitative estimate of drug-likeness (QED) is 0.0255. The van der Waals surface area contributed by atoms with Gasteiger partial charge in [-0.15, -0.1) is 0 Å². The molecule has 16 amide bonds. The van der Waals surface area contributed by atoms with Crippen LogP contribution in [0, 0.1) is 23.7 Å². The van der Waals surface area contributed by atoms with Crippen LogP contribution in [-0.2, 0) is 101 Å². The number of carbonyl (C=O) groups is 21. The van der Waals surface area contributed by atoms with E-state index in [0.29, 0.717) is 21.6 Å². The van der Waals surface area contributed by atoms with Crippen LogP contribution >= 0.6 is 43.2 Å². The smallest absolute Gasteiger partial charge is 0.326 e. The molecule has 50 heteroatoms. The Hall–Kier alpha value is -9.89. The molecule has 2 bridgehead atoms. The molecule has 46 nitrogen and oxygen atoms in total. The summed E-state index contributed by atoms with van der Waals surface area (Å²) in [5, 5.41) is 106. The van der Waals surface area contributed by atoms with E-state index in [-0.39, 0.29) is 18.8 Å². The lowest BCUT2D eigenvalue weighted by atomic mass is 10.00. The fourth-order valence-corrected chi connectivity index (χ4v) is 15.2. The minimum absolute atomic E-state index is 0.101. The Morgan fingerprint density at radius 2 is 1.03 bits per heavy atom. The normalized spacial score (nSPS) is 24.5. The van der Waals surface area contributed by atoms with E-state index in [1.54, 1.807) is 27.7 Å². The van der Waals surface area contributed by atoms with Crippen molar-refractivity contribution in [3.63, 3.8) is 0 Å². The summed E-state index contributed by atoms with van der Waals surface area (Å²) in [6, 6.07) is -27.3. The number of carboxylic acids is 5. The van der Waals surface area contributed by atoms with Crippen molar-refractivity contribution in [2.24, 2.45) is 40.9 Å². The van der Waals surface area contributed by atoms with E-state index in [9.17, 15) is 127 Å². The molecule has 0 aromatic heterocycles. The predicted octanol–water partition coefficient (Wildman–Crippen LogP) is -8.27. The first-order chi connectivity index (χ1) is 54.3. The highest BCUT2D eigenvalue weighted by Gasteiger charge is 2.41. The van der Waals surface area contributed by atoms with Crippen molar-refractivity contribution in [1.82, 2.24) is 79.8 Å². The summed E-state index contributed by atoms with van der Waals surface area (Å²) in [5.74, 6) is -31.6. The second-order valence-corrected chi connectivity index (χ2v) is 33.7. The molecule has 0 saturated carbocycles. The fourth-order valence-electron chi connectivity index (χ4n) is 10.5. The molecule has 0 spiro atoms. The molecular formula is C67H110N18O28S4. The maximum absolute atomic E-state index is 15.0. The number of rotatable bonds is 28. The second-order valence-electron chi connectivity index (χ2n) is 28.6. The molecule has 0 aliphatic carbocycles. The lowest BCUT2D eigenvalue weighted by molar-refractivity contribution is -0.143. The average molecular weight is 1740 g/mol. The topological polar surface area (TPSA) is 759 Å². The van der Waals surface area contributed by atoms with Crippen molar-refractivity contribution >= 4 is 168 Å². The lowest BCUT2D eigenvalue weighted by Gasteiger charge is -2.32. The summed E-state index contributed by atoms with van der Waals surface area (Å²) in [7, 11) is 2.70. The molecule has 3 aliphatic rings. The highest BCUT2D eigenvalue weighted by molar-refractivity contribution is 8.77. The Labute approximate surface area is 687 Å². The first-order valence-corrected chi connectivity index (χ1v) is 41.6. The van der Waals surface area contributed by atoms with Crippen molar-refractivity contribution in [3.05, 3.63) is 0 Å². The zero-order chi connectivity index (χ0) is 89.6. The summed E-state index contributed by atoms with van der Waals surface area (Å²) in [5.41, 5.74) is 16.4. The molecule has 3 heterocycles. The summed E-state index contributed by atoms with van der Waals surface area (Å²) < 4.78 is 0. The summed E-state index contributed by atoms with van der Waals surface area (Å²) in [6.07, 6.45) is -10.7. The van der Waals surface area contributed by atoms with Crippen LogP contribution in [0.15, 0.2) is 0 Å². The van der Waals surface area contributed by atoms with Gasteiger partial charge in [0.15, 0.2) is 0 Å². The number of carboxylic acid groups (broad SMARTS) is 5. The Morgan fingerprint density at radius 1 is 0.504 bits per heavy atom. The minimum atomic E-state index is -2.11. The van der Waals surface area contributed by atoms with Crippen molar-refractivity contribution in [2.45, 2.75) is 237 Å². The van der Waals surface area contributed by atoms with Crippen LogP contribution in [-0.4, -0.2) is 293 Å². The third-order valence-electron chi connectivity index (χ3n) is 16.6. The van der Waals surface area contributed by atoms with Crippen LogP contribution in [0.5, 0.6) is 0 Å². The average Bonchev–Trinajstić information content (AvgIpc) is 0.919. The van der Waals surface area contributed by atoms with E-state index < -0.39 is 320 Å². The van der Waals surface area contributed by atoms with Gasteiger partial charge in [-0.3, -0.25) is 101 Å². The number of nitrogens with one attached hydrogen (secondary N) is 15. The van der Waals surface area contributed by atoms with Crippen LogP contribution in [0.3, 0.4) is 0 Å². The van der Waals surface area contributed by atoms with Gasteiger partial charge < -0.3 is 127 Å². The standard InChI is InChI=1S/C65H106N18O26S4.C2H4O2/c1-25(2)15-34-55(98)80-41-24-113-110-21-38(58(101)77-37(65(108)109)16-26(3)4)71-44(87)20-69-62(105)50(30(10)84)83-61(104)40(78-51(94)29(9)70-63(106)48(27(5)6)81-57(100)35(18-43(68)86)76-64(107)49(28(7)8)82-60(41)103)23-112-111-22-39(59(102)73-32(53(96)75-34)11-13-45(88)89)79-54(97)33(12-14-46(90)91)72-56(99)36(19-47(92)93)74-52(95)31(66)17-42(67)85;1-2(3)4/h25-41,48-50,60,82,84,103H,11-24,66H2,1-10H3,(H2,67,85)(H2,68,86)(H,69,105)(H,70,106)(H,71,87)(H,72,99)(H,73,102)(H,74,95)(H,75,96)(H,76,107)(H,77,101)(H,78,94)(H,79,97)(H,80,98)(H,81,100)(H,83,104)(H,88,89)(H,90,91)(H,92,93)(H,108,109);1H3,(H,3,4)/t29-,30+,31-,32-,33-,34-,35-,36-,37-,38-,39-,40-,41-,48-,49-,50-,60?;/m0./s1. The van der Waals surface area contributed by atoms with E-state index in [1.165, 1.54) is 27.7 Å². The summed E-state index contributed by atoms with van der Waals surface area (Å²) in [4.78, 5) is 282. The van der Waals surface area contributed by atoms with Gasteiger partial charge in [-0.25, -0.2) is 4.79 Å². The third kappa shape index (κ3) is 41.2. The molecule has 1 unspecified atom stereocenters. The Morgan fingerprint density at radius 3 is 1.57 bits per heavy atom. The van der Waals surface area contributed by atoms with Crippen LogP contribution in [0.1, 0.15) is 134 Å². The Kier molecular flexibility index (Phi) is 47.4. The SMILES string of the molecule is CC(=O)O.CC(C)C[C@H](NC(=O)[C@@H]1CSSC[C@@H]2NC(=O)[C@H](CC(C)C)NC(=O)[C@H](CCC(=O)O)NC(=O)[C@@H](NC(=O)[C@H](CCC(=O)O)NC(=O)[C@H](CC(=O)O)NC(=O)[C@@H](N)CC(N)=O)CSSC[C@H](NC(=O)[C@H](C)NC(=O)[C@H](C(C)C)NC(=O)[C@H](CC(N)=O)NC(=O)[C@H](C(C)C)NC2O)C(=O)N[C@@H]([C@@H](C)O)C(=O)NCC(=O)N1)C(=O)O. The number of aliphatic carboxylic acids is 5. The molecule has 0 radical (unpaired) electrons. The Bertz CT molecular complexity index is 3540. The number of carbonyl (C=O) groups excluding carboxylic acids is 16. The first-order valence-electron chi connectivity index (χ1n) is 36.6. The van der Waals surface area contributed by atoms with Crippen LogP contribution in [0.25, 0.3) is 0 Å². The number of amides is 16. The van der Waals surface area contributed by atoms with Gasteiger partial charge in [0.05, 0.1) is 50.0 Å². The van der Waals surface area contributed by atoms with E-state index in [2.05, 4.69) is 74.4 Å². The highest BCUT2D eigenvalue weighted by atomic mass is 33.1. The van der Waals surface area contributed by atoms with E-state index >= 15 is 0 Å². The molecule has 3 saturated heterocycles. The van der Waals surface area contributed by atoms with Gasteiger partial charge in [0.2, 0.25) is 94.5 Å². The Balaban J connectivity index is 0.0000167. The third-order valence-corrected chi connectivity index (χ3v) is 21.4. The molecule has 3 fully saturated rings. The molecule has 3 rings (SSSR count). The zero-order valence-corrected chi connectivity index (χ0v) is 69.4. The molecule has 17 atom stereocenters. The minimum Gasteiger partial charge on any atom is -0.481 e. The molecule has 660 valence electrons. The van der Waals surface area contributed by atoms with Crippen molar-refractivity contribution in [3.8, 4) is 0 Å².